The number of hydrogen-bond donors (Lipinski definition) is 0. The van der Waals surface area contributed by atoms with Crippen LogP contribution in [0.25, 0.3) is 0 Å². The van der Waals surface area contributed by atoms with E-state index in [0.717, 1.165) is 0 Å². The van der Waals surface area contributed by atoms with Gasteiger partial charge in [0, 0.05) is 0 Å². The van der Waals surface area contributed by atoms with Crippen molar-refractivity contribution in [1.29, 1.82) is 0 Å². The van der Waals surface area contributed by atoms with Gasteiger partial charge >= 0.3 is 26.2 Å². The summed E-state index contributed by atoms with van der Waals surface area (Å²) in [5, 5.41) is 0. The minimum absolute atomic E-state index is 0. The molecule has 0 amide bonds. The molecule has 0 aliphatic carbocycles. The van der Waals surface area contributed by atoms with E-state index in [2.05, 4.69) is 62.4 Å². The second kappa shape index (κ2) is 21.6. The van der Waals surface area contributed by atoms with E-state index in [-0.39, 0.29) is 45.0 Å². The third-order valence-corrected chi connectivity index (χ3v) is 2.54. The van der Waals surface area contributed by atoms with Crippen molar-refractivity contribution in [3.63, 3.8) is 0 Å². The normalized spacial score (nSPS) is 7.33. The Bertz CT molecular complexity index is 308. The van der Waals surface area contributed by atoms with Gasteiger partial charge in [-0.05, 0) is 0 Å². The molecule has 2 rings (SSSR count). The van der Waals surface area contributed by atoms with Crippen LogP contribution in [-0.4, -0.2) is 0 Å². The smallest absolute Gasteiger partial charge is 1.00 e. The Morgan fingerprint density at radius 2 is 0.810 bits per heavy atom. The Labute approximate surface area is 144 Å². The first-order chi connectivity index (χ1) is 7.86. The molecule has 0 saturated heterocycles. The summed E-state index contributed by atoms with van der Waals surface area (Å²) in [4.78, 5) is 0. The molecule has 0 atom stereocenters. The molecule has 0 unspecified atom stereocenters. The fourth-order valence-corrected chi connectivity index (χ4v) is 1.74. The summed E-state index contributed by atoms with van der Waals surface area (Å²) >= 11 is 0. The zero-order valence-electron chi connectivity index (χ0n) is 12.5. The SMILES string of the molecule is CCC[c-]1cccc1.CCC[c-]1cccc1.[F-].[F-].[F-].[F-].[Zr+4]. The van der Waals surface area contributed by atoms with Crippen LogP contribution in [0.3, 0.4) is 0 Å². The summed E-state index contributed by atoms with van der Waals surface area (Å²) in [5.41, 5.74) is 2.93. The van der Waals surface area contributed by atoms with E-state index in [4.69, 9.17) is 0 Å². The molecular weight excluding hydrogens is 359 g/mol. The molecule has 120 valence electrons. The Balaban J connectivity index is -0.0000000656. The molecule has 0 N–H and O–H groups in total. The van der Waals surface area contributed by atoms with Crippen LogP contribution in [0.5, 0.6) is 0 Å². The third-order valence-electron chi connectivity index (χ3n) is 2.54. The molecule has 0 aliphatic rings. The van der Waals surface area contributed by atoms with Gasteiger partial charge in [0.05, 0.1) is 0 Å². The maximum atomic E-state index is 2.20. The topological polar surface area (TPSA) is 0 Å². The largest absolute Gasteiger partial charge is 4.00 e. The van der Waals surface area contributed by atoms with Crippen molar-refractivity contribution >= 4 is 0 Å². The fraction of sp³-hybridized carbons (Fsp3) is 0.375. The van der Waals surface area contributed by atoms with Gasteiger partial charge in [-0.25, -0.2) is 24.3 Å². The number of aryl methyl sites for hydroxylation is 2. The van der Waals surface area contributed by atoms with Crippen LogP contribution in [0.15, 0.2) is 48.5 Å². The quantitative estimate of drug-likeness (QED) is 0.365. The third kappa shape index (κ3) is 15.5. The van der Waals surface area contributed by atoms with Crippen LogP contribution in [0.4, 0.5) is 0 Å². The molecule has 0 saturated carbocycles. The van der Waals surface area contributed by atoms with Gasteiger partial charge < -0.3 is 18.8 Å². The van der Waals surface area contributed by atoms with E-state index in [1.807, 2.05) is 0 Å². The average Bonchev–Trinajstić information content (AvgIpc) is 2.92. The molecule has 2 aromatic rings. The van der Waals surface area contributed by atoms with E-state index in [1.165, 1.54) is 36.8 Å². The second-order valence-corrected chi connectivity index (χ2v) is 4.09. The van der Waals surface area contributed by atoms with Crippen LogP contribution in [0.2, 0.25) is 0 Å². The van der Waals surface area contributed by atoms with Crippen molar-refractivity contribution in [2.75, 3.05) is 0 Å². The Morgan fingerprint density at radius 3 is 1.00 bits per heavy atom. The zero-order valence-corrected chi connectivity index (χ0v) is 14.9. The summed E-state index contributed by atoms with van der Waals surface area (Å²) in [7, 11) is 0. The van der Waals surface area contributed by atoms with Gasteiger partial charge in [0.25, 0.3) is 0 Å². The number of hydrogen-bond acceptors (Lipinski definition) is 0. The molecule has 0 nitrogen and oxygen atoms in total. The van der Waals surface area contributed by atoms with E-state index < -0.39 is 0 Å². The first-order valence-electron chi connectivity index (χ1n) is 6.28. The summed E-state index contributed by atoms with van der Waals surface area (Å²) in [5.74, 6) is 0. The first kappa shape index (κ1) is 32.3. The van der Waals surface area contributed by atoms with Crippen molar-refractivity contribution in [3.05, 3.63) is 59.7 Å². The van der Waals surface area contributed by atoms with Crippen LogP contribution in [0, 0.1) is 0 Å². The maximum Gasteiger partial charge on any atom is 4.00 e. The van der Waals surface area contributed by atoms with Crippen LogP contribution in [0.1, 0.15) is 37.8 Å². The minimum Gasteiger partial charge on any atom is -1.00 e. The summed E-state index contributed by atoms with van der Waals surface area (Å²) in [6.45, 7) is 4.40. The van der Waals surface area contributed by atoms with E-state index >= 15 is 0 Å². The van der Waals surface area contributed by atoms with Crippen molar-refractivity contribution in [3.8, 4) is 0 Å². The molecule has 0 aromatic heterocycles. The molecule has 0 heterocycles. The molecule has 0 spiro atoms. The molecular formula is C16H22F4Zr-2. The Morgan fingerprint density at radius 1 is 0.571 bits per heavy atom. The van der Waals surface area contributed by atoms with Gasteiger partial charge in [0.2, 0.25) is 0 Å². The Kier molecular flexibility index (Phi) is 33.2. The van der Waals surface area contributed by atoms with Gasteiger partial charge in [-0.3, -0.25) is 0 Å². The number of rotatable bonds is 4. The molecule has 0 radical (unpaired) electrons. The molecule has 21 heavy (non-hydrogen) atoms. The van der Waals surface area contributed by atoms with Crippen molar-refractivity contribution in [2.45, 2.75) is 39.5 Å². The predicted octanol–water partition coefficient (Wildman–Crippen LogP) is -7.27. The maximum absolute atomic E-state index is 2.20. The summed E-state index contributed by atoms with van der Waals surface area (Å²) < 4.78 is 0. The summed E-state index contributed by atoms with van der Waals surface area (Å²) in [6.07, 6.45) is 4.97. The van der Waals surface area contributed by atoms with Crippen molar-refractivity contribution in [2.24, 2.45) is 0 Å². The molecule has 0 aliphatic heterocycles. The van der Waals surface area contributed by atoms with E-state index in [9.17, 15) is 0 Å². The summed E-state index contributed by atoms with van der Waals surface area (Å²) in [6, 6.07) is 17.0. The monoisotopic (exact) mass is 380 g/mol. The van der Waals surface area contributed by atoms with Gasteiger partial charge in [-0.2, -0.15) is 35.4 Å². The van der Waals surface area contributed by atoms with Crippen LogP contribution in [-0.2, 0) is 39.0 Å². The average molecular weight is 382 g/mol. The molecule has 0 bridgehead atoms. The number of halogens is 4. The van der Waals surface area contributed by atoms with Gasteiger partial charge in [0.1, 0.15) is 0 Å². The van der Waals surface area contributed by atoms with E-state index in [0.29, 0.717) is 0 Å². The van der Waals surface area contributed by atoms with Gasteiger partial charge in [-0.15, -0.1) is 0 Å². The van der Waals surface area contributed by atoms with Crippen LogP contribution < -0.4 is 18.8 Å². The van der Waals surface area contributed by atoms with Gasteiger partial charge in [0.15, 0.2) is 0 Å². The fourth-order valence-electron chi connectivity index (χ4n) is 1.74. The standard InChI is InChI=1S/2C8H11.4FH.Zr/c2*1-2-5-8-6-3-4-7-8;;;;;/h2*3-4,6-7H,2,5H2,1H3;4*1H;/q2*-1;;;;;+4/p-4. The minimum atomic E-state index is 0. The van der Waals surface area contributed by atoms with Gasteiger partial charge in [-0.1, -0.05) is 39.5 Å². The molecule has 2 aromatic carbocycles. The molecule has 5 heteroatoms. The first-order valence-corrected chi connectivity index (χ1v) is 6.28. The van der Waals surface area contributed by atoms with Crippen LogP contribution >= 0.6 is 0 Å². The Hall–Kier alpha value is -0.697. The zero-order chi connectivity index (χ0) is 11.6. The van der Waals surface area contributed by atoms with Crippen molar-refractivity contribution < 1.29 is 45.0 Å². The van der Waals surface area contributed by atoms with E-state index in [1.54, 1.807) is 0 Å². The second-order valence-electron chi connectivity index (χ2n) is 4.09. The van der Waals surface area contributed by atoms with Crippen molar-refractivity contribution in [1.82, 2.24) is 0 Å². The predicted molar refractivity (Wildman–Crippen MR) is 72.1 cm³/mol. The molecule has 0 fully saturated rings.